The first kappa shape index (κ1) is 21.9. The van der Waals surface area contributed by atoms with Gasteiger partial charge in [-0.3, -0.25) is 10.2 Å². The molecule has 0 aliphatic carbocycles. The van der Waals surface area contributed by atoms with E-state index in [2.05, 4.69) is 37.3 Å². The topological polar surface area (TPSA) is 52.6 Å². The first-order valence-electron chi connectivity index (χ1n) is 10.5. The lowest BCUT2D eigenvalue weighted by atomic mass is 9.79. The van der Waals surface area contributed by atoms with Gasteiger partial charge in [0.1, 0.15) is 0 Å². The highest BCUT2D eigenvalue weighted by Crippen LogP contribution is 2.49. The number of hydrogen-bond donors (Lipinski definition) is 2. The third kappa shape index (κ3) is 3.88. The van der Waals surface area contributed by atoms with Crippen LogP contribution >= 0.6 is 31.9 Å². The number of amides is 1. The van der Waals surface area contributed by atoms with Gasteiger partial charge in [0.05, 0.1) is 11.6 Å². The number of benzene rings is 4. The van der Waals surface area contributed by atoms with Crippen molar-refractivity contribution in [3.63, 3.8) is 0 Å². The van der Waals surface area contributed by atoms with Crippen molar-refractivity contribution in [2.24, 2.45) is 0 Å². The highest BCUT2D eigenvalue weighted by atomic mass is 79.9. The van der Waals surface area contributed by atoms with Crippen molar-refractivity contribution in [2.75, 3.05) is 5.43 Å². The van der Waals surface area contributed by atoms with E-state index in [1.54, 1.807) is 6.07 Å². The monoisotopic (exact) mass is 562 g/mol. The standard InChI is InChI=1S/C27H20Br2N2O2/c28-20-14-10-18(11-15-20)25(19-12-16-21(29)17-13-19)27(33)24-9-5-4-8-23(24)26(32)31(27)30-22-6-2-1-3-7-22/h1-17,25,30,33H. The van der Waals surface area contributed by atoms with Crippen LogP contribution in [0.3, 0.4) is 0 Å². The number of hydrogen-bond acceptors (Lipinski definition) is 3. The molecule has 33 heavy (non-hydrogen) atoms. The molecular weight excluding hydrogens is 544 g/mol. The van der Waals surface area contributed by atoms with Crippen molar-refractivity contribution in [3.8, 4) is 0 Å². The summed E-state index contributed by atoms with van der Waals surface area (Å²) in [6.07, 6.45) is 0. The van der Waals surface area contributed by atoms with Crippen LogP contribution in [0, 0.1) is 0 Å². The zero-order valence-electron chi connectivity index (χ0n) is 17.5. The number of anilines is 1. The Bertz CT molecular complexity index is 1250. The summed E-state index contributed by atoms with van der Waals surface area (Å²) in [5.74, 6) is -0.835. The highest BCUT2D eigenvalue weighted by Gasteiger charge is 2.55. The maximum absolute atomic E-state index is 13.6. The van der Waals surface area contributed by atoms with Crippen LogP contribution in [0.15, 0.2) is 112 Å². The number of aliphatic hydroxyl groups is 1. The van der Waals surface area contributed by atoms with E-state index in [9.17, 15) is 9.90 Å². The molecule has 5 rings (SSSR count). The number of hydrazine groups is 1. The second kappa shape index (κ2) is 8.78. The molecule has 164 valence electrons. The molecule has 2 N–H and O–H groups in total. The normalized spacial score (nSPS) is 17.3. The molecule has 0 bridgehead atoms. The Hall–Kier alpha value is -2.93. The summed E-state index contributed by atoms with van der Waals surface area (Å²) in [4.78, 5) is 13.6. The molecular formula is C27H20Br2N2O2. The summed E-state index contributed by atoms with van der Waals surface area (Å²) in [6.45, 7) is 0. The van der Waals surface area contributed by atoms with E-state index < -0.39 is 11.6 Å². The molecule has 1 aliphatic heterocycles. The second-order valence-corrected chi connectivity index (χ2v) is 9.76. The molecule has 0 spiro atoms. The predicted molar refractivity (Wildman–Crippen MR) is 137 cm³/mol. The van der Waals surface area contributed by atoms with Crippen molar-refractivity contribution >= 4 is 43.5 Å². The summed E-state index contributed by atoms with van der Waals surface area (Å²) in [5, 5.41) is 13.9. The van der Waals surface area contributed by atoms with E-state index in [4.69, 9.17) is 0 Å². The van der Waals surface area contributed by atoms with Crippen LogP contribution in [0.25, 0.3) is 0 Å². The first-order chi connectivity index (χ1) is 16.0. The lowest BCUT2D eigenvalue weighted by Crippen LogP contribution is -2.51. The molecule has 0 saturated carbocycles. The van der Waals surface area contributed by atoms with Crippen molar-refractivity contribution in [1.82, 2.24) is 5.01 Å². The number of halogens is 2. The van der Waals surface area contributed by atoms with Gasteiger partial charge in [0, 0.05) is 20.1 Å². The number of para-hydroxylation sites is 1. The zero-order chi connectivity index (χ0) is 23.0. The van der Waals surface area contributed by atoms with Crippen molar-refractivity contribution in [1.29, 1.82) is 0 Å². The maximum atomic E-state index is 13.6. The minimum absolute atomic E-state index is 0.281. The Morgan fingerprint density at radius 3 is 1.82 bits per heavy atom. The molecule has 0 aromatic heterocycles. The fraction of sp³-hybridized carbons (Fsp3) is 0.0741. The Balaban J connectivity index is 1.74. The van der Waals surface area contributed by atoms with Crippen LogP contribution in [0.1, 0.15) is 33.0 Å². The number of carbonyl (C=O) groups is 1. The lowest BCUT2D eigenvalue weighted by Gasteiger charge is -2.41. The summed E-state index contributed by atoms with van der Waals surface area (Å²) < 4.78 is 1.88. The van der Waals surface area contributed by atoms with Gasteiger partial charge in [-0.1, -0.05) is 92.5 Å². The van der Waals surface area contributed by atoms with Crippen LogP contribution in [0.5, 0.6) is 0 Å². The SMILES string of the molecule is O=C1c2ccccc2C(O)(C(c2ccc(Br)cc2)c2ccc(Br)cc2)N1Nc1ccccc1. The molecule has 6 heteroatoms. The molecule has 1 atom stereocenters. The number of carbonyl (C=O) groups excluding carboxylic acids is 1. The van der Waals surface area contributed by atoms with E-state index in [-0.39, 0.29) is 5.91 Å². The summed E-state index contributed by atoms with van der Waals surface area (Å²) in [5.41, 5.74) is 5.02. The van der Waals surface area contributed by atoms with Crippen LogP contribution in [0.2, 0.25) is 0 Å². The quantitative estimate of drug-likeness (QED) is 0.285. The fourth-order valence-corrected chi connectivity index (χ4v) is 4.94. The minimum atomic E-state index is -1.68. The molecule has 1 heterocycles. The van der Waals surface area contributed by atoms with Crippen molar-refractivity contribution in [2.45, 2.75) is 11.6 Å². The fourth-order valence-electron chi connectivity index (χ4n) is 4.42. The molecule has 4 nitrogen and oxygen atoms in total. The molecule has 1 amide bonds. The Morgan fingerprint density at radius 1 is 0.727 bits per heavy atom. The van der Waals surface area contributed by atoms with Gasteiger partial charge in [0.15, 0.2) is 5.72 Å². The molecule has 1 aliphatic rings. The van der Waals surface area contributed by atoms with Crippen molar-refractivity contribution < 1.29 is 9.90 Å². The van der Waals surface area contributed by atoms with Gasteiger partial charge in [0.25, 0.3) is 5.91 Å². The van der Waals surface area contributed by atoms with E-state index in [1.165, 1.54) is 5.01 Å². The van der Waals surface area contributed by atoms with Crippen LogP contribution in [0.4, 0.5) is 5.69 Å². The minimum Gasteiger partial charge on any atom is -0.365 e. The summed E-state index contributed by atoms with van der Waals surface area (Å²) in [6, 6.07) is 32.3. The van der Waals surface area contributed by atoms with Crippen LogP contribution in [-0.4, -0.2) is 16.0 Å². The average molecular weight is 564 g/mol. The van der Waals surface area contributed by atoms with Gasteiger partial charge < -0.3 is 5.11 Å². The van der Waals surface area contributed by atoms with E-state index >= 15 is 0 Å². The number of rotatable bonds is 5. The summed E-state index contributed by atoms with van der Waals surface area (Å²) in [7, 11) is 0. The second-order valence-electron chi connectivity index (χ2n) is 7.93. The Kier molecular flexibility index (Phi) is 5.83. The highest BCUT2D eigenvalue weighted by molar-refractivity contribution is 9.10. The largest absolute Gasteiger partial charge is 0.365 e. The molecule has 4 aromatic rings. The smallest absolute Gasteiger partial charge is 0.275 e. The number of nitrogens with zero attached hydrogens (tertiary/aromatic N) is 1. The van der Waals surface area contributed by atoms with Crippen molar-refractivity contribution in [3.05, 3.63) is 134 Å². The van der Waals surface area contributed by atoms with Crippen LogP contribution in [-0.2, 0) is 5.72 Å². The summed E-state index contributed by atoms with van der Waals surface area (Å²) >= 11 is 7.01. The first-order valence-corrected chi connectivity index (χ1v) is 12.1. The van der Waals surface area contributed by atoms with Gasteiger partial charge in [0.2, 0.25) is 0 Å². The van der Waals surface area contributed by atoms with E-state index in [1.807, 2.05) is 97.1 Å². The molecule has 0 saturated heterocycles. The van der Waals surface area contributed by atoms with Gasteiger partial charge in [-0.2, -0.15) is 0 Å². The Morgan fingerprint density at radius 2 is 1.24 bits per heavy atom. The molecule has 1 unspecified atom stereocenters. The van der Waals surface area contributed by atoms with Gasteiger partial charge >= 0.3 is 0 Å². The molecule has 0 radical (unpaired) electrons. The number of nitrogens with one attached hydrogen (secondary N) is 1. The molecule has 0 fully saturated rings. The zero-order valence-corrected chi connectivity index (χ0v) is 20.6. The number of fused-ring (bicyclic) bond motifs is 1. The third-order valence-electron chi connectivity index (χ3n) is 5.92. The van der Waals surface area contributed by atoms with Gasteiger partial charge in [-0.15, -0.1) is 0 Å². The lowest BCUT2D eigenvalue weighted by molar-refractivity contribution is -0.0853. The van der Waals surface area contributed by atoms with Gasteiger partial charge in [-0.05, 0) is 53.6 Å². The molecule has 4 aromatic carbocycles. The maximum Gasteiger partial charge on any atom is 0.275 e. The third-order valence-corrected chi connectivity index (χ3v) is 6.98. The van der Waals surface area contributed by atoms with Gasteiger partial charge in [-0.25, -0.2) is 5.01 Å². The van der Waals surface area contributed by atoms with Crippen LogP contribution < -0.4 is 5.43 Å². The van der Waals surface area contributed by atoms with E-state index in [0.29, 0.717) is 16.8 Å². The Labute approximate surface area is 209 Å². The predicted octanol–water partition coefficient (Wildman–Crippen LogP) is 6.67. The van der Waals surface area contributed by atoms with E-state index in [0.717, 1.165) is 20.1 Å². The average Bonchev–Trinajstić information content (AvgIpc) is 3.05.